The smallest absolute Gasteiger partial charge is 0.138 e. The topological polar surface area (TPSA) is 35.6 Å². The Morgan fingerprint density at radius 2 is 0.875 bits per heavy atom. The van der Waals surface area contributed by atoms with Gasteiger partial charge in [-0.1, -0.05) is 133 Å². The number of para-hydroxylation sites is 2. The molecule has 6 aromatic carbocycles. The molecule has 10 aromatic rings. The zero-order chi connectivity index (χ0) is 37.0. The third kappa shape index (κ3) is 5.38. The van der Waals surface area contributed by atoms with E-state index in [0.717, 1.165) is 69.1 Å². The summed E-state index contributed by atoms with van der Waals surface area (Å²) in [5.74, 6) is 1.78. The zero-order valence-electron chi connectivity index (χ0n) is 30.7. The monoisotopic (exact) mass is 716 g/mol. The number of pyridine rings is 2. The van der Waals surface area contributed by atoms with Crippen LogP contribution in [0.4, 0.5) is 0 Å². The first-order valence-corrected chi connectivity index (χ1v) is 19.3. The number of fused-ring (bicyclic) bond motifs is 6. The molecule has 0 saturated heterocycles. The molecule has 0 saturated carbocycles. The summed E-state index contributed by atoms with van der Waals surface area (Å²) < 4.78 is 4.65. The lowest BCUT2D eigenvalue weighted by atomic mass is 9.95. The molecule has 56 heavy (non-hydrogen) atoms. The van der Waals surface area contributed by atoms with E-state index in [1.807, 2.05) is 0 Å². The summed E-state index contributed by atoms with van der Waals surface area (Å²) >= 11 is 0. The van der Waals surface area contributed by atoms with Gasteiger partial charge in [0.15, 0.2) is 0 Å². The molecule has 0 fully saturated rings. The molecule has 11 rings (SSSR count). The summed E-state index contributed by atoms with van der Waals surface area (Å²) in [6.07, 6.45) is 8.78. The van der Waals surface area contributed by atoms with Crippen molar-refractivity contribution in [3.63, 3.8) is 0 Å². The van der Waals surface area contributed by atoms with E-state index in [1.54, 1.807) is 0 Å². The van der Waals surface area contributed by atoms with Gasteiger partial charge in [-0.3, -0.25) is 9.13 Å². The van der Waals surface area contributed by atoms with Crippen molar-refractivity contribution in [3.8, 4) is 45.3 Å². The van der Waals surface area contributed by atoms with E-state index in [2.05, 4.69) is 203 Å². The number of hydrogen-bond acceptors (Lipinski definition) is 2. The minimum Gasteiger partial charge on any atom is -0.294 e. The van der Waals surface area contributed by atoms with Gasteiger partial charge in [-0.15, -0.1) is 0 Å². The molecule has 0 unspecified atom stereocenters. The van der Waals surface area contributed by atoms with Gasteiger partial charge in [0.1, 0.15) is 11.6 Å². The molecule has 0 atom stereocenters. The van der Waals surface area contributed by atoms with Gasteiger partial charge in [-0.05, 0) is 95.8 Å². The number of hydrogen-bond donors (Lipinski definition) is 0. The number of allylic oxidation sites excluding steroid dienone is 4. The predicted octanol–water partition coefficient (Wildman–Crippen LogP) is 13.4. The van der Waals surface area contributed by atoms with E-state index in [-0.39, 0.29) is 0 Å². The van der Waals surface area contributed by atoms with Crippen LogP contribution in [0.25, 0.3) is 94.5 Å². The highest BCUT2D eigenvalue weighted by Gasteiger charge is 2.20. The van der Waals surface area contributed by atoms with Crippen molar-refractivity contribution in [2.24, 2.45) is 0 Å². The van der Waals surface area contributed by atoms with Crippen LogP contribution in [-0.2, 0) is 0 Å². The van der Waals surface area contributed by atoms with E-state index < -0.39 is 0 Å². The summed E-state index contributed by atoms with van der Waals surface area (Å²) in [6.45, 7) is 0. The molecule has 0 bridgehead atoms. The third-order valence-corrected chi connectivity index (χ3v) is 11.2. The highest BCUT2D eigenvalue weighted by atomic mass is 15.1. The molecule has 0 radical (unpaired) electrons. The molecule has 0 spiro atoms. The van der Waals surface area contributed by atoms with Gasteiger partial charge in [0, 0.05) is 32.7 Å². The fourth-order valence-electron chi connectivity index (χ4n) is 8.55. The quantitative estimate of drug-likeness (QED) is 0.172. The maximum Gasteiger partial charge on any atom is 0.138 e. The van der Waals surface area contributed by atoms with Gasteiger partial charge < -0.3 is 0 Å². The Bertz CT molecular complexity index is 3200. The average molecular weight is 717 g/mol. The Balaban J connectivity index is 1.08. The Hall–Kier alpha value is -7.30. The van der Waals surface area contributed by atoms with Crippen molar-refractivity contribution in [1.82, 2.24) is 19.1 Å². The minimum absolute atomic E-state index is 0.888. The number of nitrogens with zero attached hydrogens (tertiary/aromatic N) is 4. The van der Waals surface area contributed by atoms with Crippen molar-refractivity contribution in [1.29, 1.82) is 0 Å². The van der Waals surface area contributed by atoms with Crippen LogP contribution in [0.15, 0.2) is 194 Å². The first kappa shape index (κ1) is 32.2. The summed E-state index contributed by atoms with van der Waals surface area (Å²) in [6, 6.07) is 62.8. The van der Waals surface area contributed by atoms with Gasteiger partial charge in [-0.2, -0.15) is 0 Å². The first-order chi connectivity index (χ1) is 27.8. The van der Waals surface area contributed by atoms with Crippen molar-refractivity contribution >= 4 is 49.2 Å². The highest BCUT2D eigenvalue weighted by Crippen LogP contribution is 2.40. The second-order valence-electron chi connectivity index (χ2n) is 14.5. The van der Waals surface area contributed by atoms with Gasteiger partial charge in [0.2, 0.25) is 0 Å². The molecule has 4 heterocycles. The van der Waals surface area contributed by atoms with E-state index in [9.17, 15) is 0 Å². The van der Waals surface area contributed by atoms with Crippen LogP contribution in [-0.4, -0.2) is 19.1 Å². The molecule has 0 N–H and O–H groups in total. The Morgan fingerprint density at radius 3 is 1.46 bits per heavy atom. The maximum atomic E-state index is 5.35. The number of benzene rings is 6. The van der Waals surface area contributed by atoms with E-state index in [4.69, 9.17) is 9.97 Å². The van der Waals surface area contributed by atoms with Crippen LogP contribution < -0.4 is 0 Å². The number of rotatable bonds is 6. The molecule has 4 aromatic heterocycles. The molecule has 264 valence electrons. The summed E-state index contributed by atoms with van der Waals surface area (Å²) in [7, 11) is 0. The van der Waals surface area contributed by atoms with Gasteiger partial charge in [0.25, 0.3) is 0 Å². The van der Waals surface area contributed by atoms with Crippen molar-refractivity contribution < 1.29 is 0 Å². The van der Waals surface area contributed by atoms with E-state index >= 15 is 0 Å². The first-order valence-electron chi connectivity index (χ1n) is 19.3. The Kier molecular flexibility index (Phi) is 7.59. The summed E-state index contributed by atoms with van der Waals surface area (Å²) in [4.78, 5) is 10.7. The van der Waals surface area contributed by atoms with Crippen molar-refractivity contribution in [2.45, 2.75) is 12.8 Å². The van der Waals surface area contributed by atoms with Gasteiger partial charge >= 0.3 is 0 Å². The second kappa shape index (κ2) is 13.2. The Labute approximate surface area is 325 Å². The van der Waals surface area contributed by atoms with E-state index in [0.29, 0.717) is 0 Å². The van der Waals surface area contributed by atoms with Crippen molar-refractivity contribution in [2.75, 3.05) is 0 Å². The molecule has 1 aliphatic rings. The molecular weight excluding hydrogens is 681 g/mol. The Morgan fingerprint density at radius 1 is 0.375 bits per heavy atom. The van der Waals surface area contributed by atoms with Crippen LogP contribution >= 0.6 is 0 Å². The summed E-state index contributed by atoms with van der Waals surface area (Å²) in [5, 5.41) is 4.72. The standard InChI is InChI=1S/C52H36N4/c1-3-15-35(16-4-1)37-19-11-21-39(31-37)45-25-13-29-51(53-45)55-47-27-9-7-23-41(47)43-34-50-44(33-49(43)55)42-24-8-10-28-48(42)56(50)52-30-14-26-46(54-52)40-22-12-20-38(32-40)36-17-5-2-6-18-36/h1-5,7-17,19-34H,6,18H2. The lowest BCUT2D eigenvalue weighted by molar-refractivity contribution is 1.05. The van der Waals surface area contributed by atoms with Crippen LogP contribution in [0.5, 0.6) is 0 Å². The van der Waals surface area contributed by atoms with Crippen LogP contribution in [0, 0.1) is 0 Å². The zero-order valence-corrected chi connectivity index (χ0v) is 30.7. The maximum absolute atomic E-state index is 5.35. The van der Waals surface area contributed by atoms with Crippen molar-refractivity contribution in [3.05, 3.63) is 200 Å². The molecule has 4 nitrogen and oxygen atoms in total. The van der Waals surface area contributed by atoms with Crippen LogP contribution in [0.3, 0.4) is 0 Å². The van der Waals surface area contributed by atoms with Crippen LogP contribution in [0.2, 0.25) is 0 Å². The fourth-order valence-corrected chi connectivity index (χ4v) is 8.55. The van der Waals surface area contributed by atoms with Crippen LogP contribution in [0.1, 0.15) is 18.4 Å². The predicted molar refractivity (Wildman–Crippen MR) is 233 cm³/mol. The lowest BCUT2D eigenvalue weighted by Gasteiger charge is -2.12. The van der Waals surface area contributed by atoms with Gasteiger partial charge in [0.05, 0.1) is 33.5 Å². The molecule has 0 aliphatic heterocycles. The SMILES string of the molecule is C1=CCCC(c2cccc(-c3cccc(-n4c5ccccc5c5cc6c(cc54)c4ccccc4n6-c4cccc(-c5cccc(-c6ccccc6)c5)n4)n3)c2)=C1. The minimum atomic E-state index is 0.888. The molecular formula is C52H36N4. The largest absolute Gasteiger partial charge is 0.294 e. The summed E-state index contributed by atoms with van der Waals surface area (Å²) in [5.41, 5.74) is 13.6. The molecule has 4 heteroatoms. The average Bonchev–Trinajstić information content (AvgIpc) is 3.78. The molecule has 0 amide bonds. The van der Waals surface area contributed by atoms with Gasteiger partial charge in [-0.25, -0.2) is 9.97 Å². The lowest BCUT2D eigenvalue weighted by Crippen LogP contribution is -1.99. The fraction of sp³-hybridized carbons (Fsp3) is 0.0385. The van der Waals surface area contributed by atoms with E-state index in [1.165, 1.54) is 43.8 Å². The highest BCUT2D eigenvalue weighted by molar-refractivity contribution is 6.18. The normalized spacial score (nSPS) is 12.9. The third-order valence-electron chi connectivity index (χ3n) is 11.2. The second-order valence-corrected chi connectivity index (χ2v) is 14.5. The molecule has 1 aliphatic carbocycles. The number of aromatic nitrogens is 4.